The molecule has 2 atom stereocenters. The second kappa shape index (κ2) is 11.5. The second-order valence-corrected chi connectivity index (χ2v) is 6.70. The van der Waals surface area contributed by atoms with E-state index in [1.807, 2.05) is 37.3 Å². The molecule has 0 heterocycles. The Hall–Kier alpha value is -2.20. The lowest BCUT2D eigenvalue weighted by Gasteiger charge is -2.21. The van der Waals surface area contributed by atoms with Gasteiger partial charge in [0.15, 0.2) is 0 Å². The number of ether oxygens (including phenoxy) is 3. The normalized spacial score (nSPS) is 13.0. The van der Waals surface area contributed by atoms with Crippen LogP contribution in [0, 0.1) is 0 Å². The van der Waals surface area contributed by atoms with Gasteiger partial charge in [-0.15, -0.1) is 0 Å². The SMILES string of the molecule is CCOCCOc1ccccc1NCC(C)Oc1ccccc1C(C)CC. The van der Waals surface area contributed by atoms with Crippen LogP contribution in [0.15, 0.2) is 48.5 Å². The fraction of sp³-hybridized carbons (Fsp3) is 0.478. The molecule has 0 fully saturated rings. The number of hydrogen-bond acceptors (Lipinski definition) is 4. The first-order valence-corrected chi connectivity index (χ1v) is 9.94. The van der Waals surface area contributed by atoms with E-state index in [1.54, 1.807) is 0 Å². The number of hydrogen-bond donors (Lipinski definition) is 1. The number of anilines is 1. The predicted octanol–water partition coefficient (Wildman–Crippen LogP) is 5.49. The number of benzene rings is 2. The molecule has 27 heavy (non-hydrogen) atoms. The Balaban J connectivity index is 1.92. The van der Waals surface area contributed by atoms with Gasteiger partial charge in [-0.1, -0.05) is 44.2 Å². The van der Waals surface area contributed by atoms with Crippen molar-refractivity contribution < 1.29 is 14.2 Å². The van der Waals surface area contributed by atoms with Crippen molar-refractivity contribution in [1.82, 2.24) is 0 Å². The molecule has 0 saturated carbocycles. The van der Waals surface area contributed by atoms with Crippen molar-refractivity contribution in [3.05, 3.63) is 54.1 Å². The molecule has 0 aliphatic rings. The van der Waals surface area contributed by atoms with Crippen molar-refractivity contribution >= 4 is 5.69 Å². The molecular weight excluding hydrogens is 338 g/mol. The quantitative estimate of drug-likeness (QED) is 0.501. The highest BCUT2D eigenvalue weighted by Gasteiger charge is 2.13. The van der Waals surface area contributed by atoms with Crippen molar-refractivity contribution in [3.63, 3.8) is 0 Å². The standard InChI is InChI=1S/C23H33NO3/c1-5-18(3)20-11-7-9-13-22(20)27-19(4)17-24-21-12-8-10-14-23(21)26-16-15-25-6-2/h7-14,18-19,24H,5-6,15-17H2,1-4H3. The van der Waals surface area contributed by atoms with Gasteiger partial charge in [-0.2, -0.15) is 0 Å². The molecule has 1 N–H and O–H groups in total. The third-order valence-corrected chi connectivity index (χ3v) is 4.55. The summed E-state index contributed by atoms with van der Waals surface area (Å²) >= 11 is 0. The van der Waals surface area contributed by atoms with E-state index in [9.17, 15) is 0 Å². The largest absolute Gasteiger partial charge is 0.489 e. The Kier molecular flexibility index (Phi) is 8.99. The average molecular weight is 372 g/mol. The van der Waals surface area contributed by atoms with Crippen LogP contribution in [0.2, 0.25) is 0 Å². The first kappa shape index (κ1) is 21.1. The van der Waals surface area contributed by atoms with Gasteiger partial charge in [0.05, 0.1) is 18.8 Å². The van der Waals surface area contributed by atoms with E-state index < -0.39 is 0 Å². The van der Waals surface area contributed by atoms with E-state index in [0.717, 1.165) is 23.6 Å². The summed E-state index contributed by atoms with van der Waals surface area (Å²) in [5.74, 6) is 2.30. The van der Waals surface area contributed by atoms with Crippen LogP contribution in [-0.4, -0.2) is 32.5 Å². The van der Waals surface area contributed by atoms with E-state index in [-0.39, 0.29) is 6.10 Å². The lowest BCUT2D eigenvalue weighted by Crippen LogP contribution is -2.23. The van der Waals surface area contributed by atoms with E-state index in [1.165, 1.54) is 5.56 Å². The van der Waals surface area contributed by atoms with Crippen LogP contribution in [0.3, 0.4) is 0 Å². The lowest BCUT2D eigenvalue weighted by atomic mass is 9.98. The summed E-state index contributed by atoms with van der Waals surface area (Å²) in [6.45, 7) is 11.0. The zero-order valence-electron chi connectivity index (χ0n) is 17.0. The van der Waals surface area contributed by atoms with Gasteiger partial charge < -0.3 is 19.5 Å². The highest BCUT2D eigenvalue weighted by Crippen LogP contribution is 2.29. The molecule has 2 unspecified atom stereocenters. The Bertz CT molecular complexity index is 674. The first-order chi connectivity index (χ1) is 13.2. The molecule has 0 saturated heterocycles. The minimum absolute atomic E-state index is 0.0340. The van der Waals surface area contributed by atoms with E-state index in [0.29, 0.717) is 32.3 Å². The average Bonchev–Trinajstić information content (AvgIpc) is 2.70. The molecule has 2 aromatic carbocycles. The molecule has 0 bridgehead atoms. The third-order valence-electron chi connectivity index (χ3n) is 4.55. The number of rotatable bonds is 12. The lowest BCUT2D eigenvalue weighted by molar-refractivity contribution is 0.110. The predicted molar refractivity (Wildman–Crippen MR) is 112 cm³/mol. The highest BCUT2D eigenvalue weighted by molar-refractivity contribution is 5.56. The van der Waals surface area contributed by atoms with Crippen LogP contribution in [-0.2, 0) is 4.74 Å². The summed E-state index contributed by atoms with van der Waals surface area (Å²) in [5.41, 5.74) is 2.24. The van der Waals surface area contributed by atoms with Gasteiger partial charge >= 0.3 is 0 Å². The monoisotopic (exact) mass is 371 g/mol. The van der Waals surface area contributed by atoms with Crippen molar-refractivity contribution in [1.29, 1.82) is 0 Å². The molecule has 2 aromatic rings. The number of para-hydroxylation sites is 3. The number of nitrogens with one attached hydrogen (secondary N) is 1. The smallest absolute Gasteiger partial charge is 0.142 e. The van der Waals surface area contributed by atoms with Crippen molar-refractivity contribution in [3.8, 4) is 11.5 Å². The van der Waals surface area contributed by atoms with E-state index >= 15 is 0 Å². The van der Waals surface area contributed by atoms with Crippen LogP contribution < -0.4 is 14.8 Å². The topological polar surface area (TPSA) is 39.7 Å². The molecule has 2 rings (SSSR count). The molecule has 0 aromatic heterocycles. The van der Waals surface area contributed by atoms with E-state index in [2.05, 4.69) is 44.3 Å². The Labute approximate surface area is 163 Å². The third kappa shape index (κ3) is 6.79. The van der Waals surface area contributed by atoms with Gasteiger partial charge in [0.25, 0.3) is 0 Å². The fourth-order valence-electron chi connectivity index (χ4n) is 2.82. The van der Waals surface area contributed by atoms with Crippen molar-refractivity contribution in [2.24, 2.45) is 0 Å². The highest BCUT2D eigenvalue weighted by atomic mass is 16.5. The van der Waals surface area contributed by atoms with Crippen LogP contribution in [0.5, 0.6) is 11.5 Å². The first-order valence-electron chi connectivity index (χ1n) is 9.94. The molecular formula is C23H33NO3. The zero-order valence-corrected chi connectivity index (χ0v) is 17.0. The maximum atomic E-state index is 6.22. The summed E-state index contributed by atoms with van der Waals surface area (Å²) < 4.78 is 17.4. The van der Waals surface area contributed by atoms with Crippen molar-refractivity contribution in [2.45, 2.75) is 46.1 Å². The summed E-state index contributed by atoms with van der Waals surface area (Å²) in [4.78, 5) is 0. The summed E-state index contributed by atoms with van der Waals surface area (Å²) in [5, 5.41) is 3.45. The Morgan fingerprint density at radius 1 is 0.889 bits per heavy atom. The minimum Gasteiger partial charge on any atom is -0.489 e. The zero-order chi connectivity index (χ0) is 19.5. The molecule has 4 heteroatoms. The molecule has 4 nitrogen and oxygen atoms in total. The maximum Gasteiger partial charge on any atom is 0.142 e. The van der Waals surface area contributed by atoms with Gasteiger partial charge in [0.2, 0.25) is 0 Å². The summed E-state index contributed by atoms with van der Waals surface area (Å²) in [6.07, 6.45) is 1.13. The summed E-state index contributed by atoms with van der Waals surface area (Å²) in [7, 11) is 0. The van der Waals surface area contributed by atoms with Gasteiger partial charge in [-0.05, 0) is 49.9 Å². The van der Waals surface area contributed by atoms with Gasteiger partial charge in [0, 0.05) is 6.61 Å². The Morgan fingerprint density at radius 2 is 1.59 bits per heavy atom. The second-order valence-electron chi connectivity index (χ2n) is 6.70. The van der Waals surface area contributed by atoms with Crippen molar-refractivity contribution in [2.75, 3.05) is 31.7 Å². The molecule has 0 spiro atoms. The minimum atomic E-state index is 0.0340. The molecule has 148 valence electrons. The van der Waals surface area contributed by atoms with Gasteiger partial charge in [-0.3, -0.25) is 0 Å². The van der Waals surface area contributed by atoms with E-state index in [4.69, 9.17) is 14.2 Å². The Morgan fingerprint density at radius 3 is 2.33 bits per heavy atom. The maximum absolute atomic E-state index is 6.22. The molecule has 0 aliphatic heterocycles. The molecule has 0 amide bonds. The summed E-state index contributed by atoms with van der Waals surface area (Å²) in [6, 6.07) is 16.3. The van der Waals surface area contributed by atoms with Gasteiger partial charge in [0.1, 0.15) is 24.2 Å². The molecule has 0 radical (unpaired) electrons. The fourth-order valence-corrected chi connectivity index (χ4v) is 2.82. The van der Waals surface area contributed by atoms with Crippen LogP contribution >= 0.6 is 0 Å². The molecule has 0 aliphatic carbocycles. The van der Waals surface area contributed by atoms with Crippen LogP contribution in [0.1, 0.15) is 45.6 Å². The van der Waals surface area contributed by atoms with Crippen LogP contribution in [0.4, 0.5) is 5.69 Å². The van der Waals surface area contributed by atoms with Crippen LogP contribution in [0.25, 0.3) is 0 Å². The van der Waals surface area contributed by atoms with Gasteiger partial charge in [-0.25, -0.2) is 0 Å².